The lowest BCUT2D eigenvalue weighted by Crippen LogP contribution is -2.26. The number of hydrogen-bond donors (Lipinski definition) is 1. The number of halogens is 2. The highest BCUT2D eigenvalue weighted by Crippen LogP contribution is 2.36. The quantitative estimate of drug-likeness (QED) is 0.693. The summed E-state index contributed by atoms with van der Waals surface area (Å²) in [5.74, 6) is -0.144. The van der Waals surface area contributed by atoms with E-state index in [4.69, 9.17) is 0 Å². The zero-order chi connectivity index (χ0) is 14.8. The van der Waals surface area contributed by atoms with Crippen molar-refractivity contribution in [2.24, 2.45) is 0 Å². The van der Waals surface area contributed by atoms with Crippen molar-refractivity contribution >= 4 is 33.9 Å². The third-order valence-corrected chi connectivity index (χ3v) is 6.14. The summed E-state index contributed by atoms with van der Waals surface area (Å²) in [5, 5.41) is 3.69. The summed E-state index contributed by atoms with van der Waals surface area (Å²) in [6.45, 7) is 2.93. The maximum atomic E-state index is 13.1. The molecule has 0 amide bonds. The minimum absolute atomic E-state index is 0.144. The molecule has 1 N–H and O–H groups in total. The van der Waals surface area contributed by atoms with Crippen molar-refractivity contribution < 1.29 is 4.39 Å². The van der Waals surface area contributed by atoms with Crippen LogP contribution in [0.1, 0.15) is 40.5 Å². The molecule has 0 bridgehead atoms. The zero-order valence-corrected chi connectivity index (χ0v) is 15.1. The normalized spacial score (nSPS) is 17.8. The third-order valence-electron chi connectivity index (χ3n) is 4.17. The first-order chi connectivity index (χ1) is 10.1. The van der Waals surface area contributed by atoms with Crippen LogP contribution in [0.3, 0.4) is 0 Å². The van der Waals surface area contributed by atoms with Gasteiger partial charge in [-0.25, -0.2) is 4.39 Å². The van der Waals surface area contributed by atoms with Crippen LogP contribution in [0, 0.1) is 15.6 Å². The molecule has 1 nitrogen and oxygen atoms in total. The fraction of sp³-hybridized carbons (Fsp3) is 0.412. The van der Waals surface area contributed by atoms with Crippen molar-refractivity contribution in [3.63, 3.8) is 0 Å². The van der Waals surface area contributed by atoms with Crippen LogP contribution in [0.5, 0.6) is 0 Å². The minimum atomic E-state index is -0.144. The third kappa shape index (κ3) is 3.66. The summed E-state index contributed by atoms with van der Waals surface area (Å²) in [5.41, 5.74) is 3.79. The number of benzene rings is 1. The molecule has 1 aliphatic rings. The summed E-state index contributed by atoms with van der Waals surface area (Å²) < 4.78 is 14.5. The van der Waals surface area contributed by atoms with Gasteiger partial charge in [-0.3, -0.25) is 0 Å². The Balaban J connectivity index is 1.61. The fourth-order valence-electron chi connectivity index (χ4n) is 3.05. The van der Waals surface area contributed by atoms with Gasteiger partial charge in [-0.2, -0.15) is 0 Å². The van der Waals surface area contributed by atoms with Gasteiger partial charge in [-0.05, 0) is 96.6 Å². The zero-order valence-electron chi connectivity index (χ0n) is 12.1. The van der Waals surface area contributed by atoms with Crippen molar-refractivity contribution in [3.8, 4) is 0 Å². The number of fused-ring (bicyclic) bond motifs is 1. The van der Waals surface area contributed by atoms with E-state index in [0.717, 1.165) is 18.5 Å². The molecular formula is C17H19FINS. The van der Waals surface area contributed by atoms with Gasteiger partial charge in [0.25, 0.3) is 0 Å². The van der Waals surface area contributed by atoms with E-state index in [1.54, 1.807) is 17.0 Å². The van der Waals surface area contributed by atoms with Gasteiger partial charge in [-0.1, -0.05) is 6.07 Å². The highest BCUT2D eigenvalue weighted by molar-refractivity contribution is 14.1. The molecule has 2 aromatic rings. The highest BCUT2D eigenvalue weighted by atomic mass is 127. The molecule has 112 valence electrons. The summed E-state index contributed by atoms with van der Waals surface area (Å²) in [6.07, 6.45) is 4.69. The monoisotopic (exact) mass is 415 g/mol. The second-order valence-electron chi connectivity index (χ2n) is 5.65. The molecule has 21 heavy (non-hydrogen) atoms. The Bertz CT molecular complexity index is 638. The SMILES string of the molecule is Cc1cc(F)ccc1CCNC1CCCc2sc(I)cc21. The molecule has 0 saturated carbocycles. The number of rotatable bonds is 4. The largest absolute Gasteiger partial charge is 0.310 e. The van der Waals surface area contributed by atoms with Crippen LogP contribution < -0.4 is 5.32 Å². The highest BCUT2D eigenvalue weighted by Gasteiger charge is 2.21. The van der Waals surface area contributed by atoms with Gasteiger partial charge in [0.15, 0.2) is 0 Å². The lowest BCUT2D eigenvalue weighted by Gasteiger charge is -2.24. The Morgan fingerprint density at radius 1 is 1.38 bits per heavy atom. The number of thiophene rings is 1. The second kappa shape index (κ2) is 6.75. The van der Waals surface area contributed by atoms with Gasteiger partial charge < -0.3 is 5.32 Å². The van der Waals surface area contributed by atoms with Crippen LogP contribution in [-0.2, 0) is 12.8 Å². The molecule has 1 atom stereocenters. The summed E-state index contributed by atoms with van der Waals surface area (Å²) in [4.78, 5) is 1.56. The maximum absolute atomic E-state index is 13.1. The lowest BCUT2D eigenvalue weighted by atomic mass is 9.94. The van der Waals surface area contributed by atoms with Gasteiger partial charge >= 0.3 is 0 Å². The lowest BCUT2D eigenvalue weighted by molar-refractivity contribution is 0.466. The molecule has 0 saturated heterocycles. The molecule has 1 heterocycles. The van der Waals surface area contributed by atoms with Crippen molar-refractivity contribution in [1.29, 1.82) is 0 Å². The number of nitrogens with one attached hydrogen (secondary N) is 1. The van der Waals surface area contributed by atoms with Gasteiger partial charge in [0.05, 0.1) is 2.88 Å². The Morgan fingerprint density at radius 3 is 3.05 bits per heavy atom. The van der Waals surface area contributed by atoms with E-state index in [-0.39, 0.29) is 5.82 Å². The van der Waals surface area contributed by atoms with E-state index in [1.807, 2.05) is 24.3 Å². The van der Waals surface area contributed by atoms with Crippen molar-refractivity contribution in [2.75, 3.05) is 6.54 Å². The van der Waals surface area contributed by atoms with Crippen molar-refractivity contribution in [1.82, 2.24) is 5.32 Å². The van der Waals surface area contributed by atoms with Crippen LogP contribution >= 0.6 is 33.9 Å². The van der Waals surface area contributed by atoms with Crippen molar-refractivity contribution in [3.05, 3.63) is 54.5 Å². The Hall–Kier alpha value is -0.460. The summed E-state index contributed by atoms with van der Waals surface area (Å²) >= 11 is 4.35. The Morgan fingerprint density at radius 2 is 2.24 bits per heavy atom. The molecule has 0 spiro atoms. The predicted molar refractivity (Wildman–Crippen MR) is 95.6 cm³/mol. The van der Waals surface area contributed by atoms with Gasteiger partial charge in [0, 0.05) is 10.9 Å². The molecule has 0 radical (unpaired) electrons. The molecule has 0 aliphatic heterocycles. The fourth-order valence-corrected chi connectivity index (χ4v) is 5.17. The molecule has 4 heteroatoms. The van der Waals surface area contributed by atoms with E-state index in [9.17, 15) is 4.39 Å². The smallest absolute Gasteiger partial charge is 0.123 e. The summed E-state index contributed by atoms with van der Waals surface area (Å²) in [7, 11) is 0. The topological polar surface area (TPSA) is 12.0 Å². The van der Waals surface area contributed by atoms with E-state index in [0.29, 0.717) is 6.04 Å². The predicted octanol–water partition coefficient (Wildman–Crippen LogP) is 5.01. The molecule has 3 rings (SSSR count). The standard InChI is InChI=1S/C17H19FINS/c1-11-9-13(18)6-5-12(11)7-8-20-15-3-2-4-16-14(15)10-17(19)21-16/h5-6,9-10,15,20H,2-4,7-8H2,1H3. The Labute approximate surface area is 143 Å². The van der Waals surface area contributed by atoms with Crippen LogP contribution in [-0.4, -0.2) is 6.54 Å². The first-order valence-corrected chi connectivity index (χ1v) is 9.29. The van der Waals surface area contributed by atoms with E-state index in [2.05, 4.69) is 34.0 Å². The number of hydrogen-bond acceptors (Lipinski definition) is 2. The first kappa shape index (κ1) is 15.4. The molecule has 0 fully saturated rings. The number of aryl methyl sites for hydroxylation is 2. The van der Waals surface area contributed by atoms with Crippen LogP contribution in [0.15, 0.2) is 24.3 Å². The second-order valence-corrected chi connectivity index (χ2v) is 8.68. The molecule has 1 unspecified atom stereocenters. The van der Waals surface area contributed by atoms with Crippen LogP contribution in [0.25, 0.3) is 0 Å². The maximum Gasteiger partial charge on any atom is 0.123 e. The summed E-state index contributed by atoms with van der Waals surface area (Å²) in [6, 6.07) is 7.92. The van der Waals surface area contributed by atoms with Crippen LogP contribution in [0.2, 0.25) is 0 Å². The van der Waals surface area contributed by atoms with Gasteiger partial charge in [0.1, 0.15) is 5.82 Å². The average Bonchev–Trinajstić information content (AvgIpc) is 2.82. The molecular weight excluding hydrogens is 396 g/mol. The van der Waals surface area contributed by atoms with E-state index >= 15 is 0 Å². The van der Waals surface area contributed by atoms with E-state index in [1.165, 1.54) is 33.3 Å². The molecule has 1 aromatic heterocycles. The molecule has 1 aromatic carbocycles. The molecule has 1 aliphatic carbocycles. The Kier molecular flexibility index (Phi) is 4.96. The van der Waals surface area contributed by atoms with E-state index < -0.39 is 0 Å². The minimum Gasteiger partial charge on any atom is -0.310 e. The first-order valence-electron chi connectivity index (χ1n) is 7.40. The average molecular weight is 415 g/mol. The van der Waals surface area contributed by atoms with Crippen molar-refractivity contribution in [2.45, 2.75) is 38.6 Å². The van der Waals surface area contributed by atoms with Gasteiger partial charge in [0.2, 0.25) is 0 Å². The van der Waals surface area contributed by atoms with Crippen LogP contribution in [0.4, 0.5) is 4.39 Å². The van der Waals surface area contributed by atoms with Gasteiger partial charge in [-0.15, -0.1) is 11.3 Å².